The van der Waals surface area contributed by atoms with E-state index in [9.17, 15) is 22.8 Å². The third kappa shape index (κ3) is 7.72. The van der Waals surface area contributed by atoms with Crippen LogP contribution >= 0.6 is 11.8 Å². The van der Waals surface area contributed by atoms with Crippen molar-refractivity contribution in [1.82, 2.24) is 20.1 Å². The first kappa shape index (κ1) is 31.8. The van der Waals surface area contributed by atoms with Crippen molar-refractivity contribution in [1.29, 1.82) is 0 Å². The zero-order valence-electron chi connectivity index (χ0n) is 25.0. The van der Waals surface area contributed by atoms with Gasteiger partial charge in [0.15, 0.2) is 11.0 Å². The number of nitrogens with one attached hydrogen (secondary N) is 1. The number of amides is 3. The Morgan fingerprint density at radius 2 is 1.73 bits per heavy atom. The number of anilines is 1. The maximum atomic E-state index is 12.8. The summed E-state index contributed by atoms with van der Waals surface area (Å²) in [5.41, 5.74) is 3.75. The Hall–Kier alpha value is -4.65. The van der Waals surface area contributed by atoms with Crippen molar-refractivity contribution in [3.63, 3.8) is 0 Å². The standard InChI is InChI=1S/C32H31F3N6O3S/c1-20(17-36-29(43)38-30-41(27(42)18-45-30)26-8-6-5-7-25(26)31(2,3)4)21-9-11-22(12-10-21)28-37-19-40(39-28)23-13-15-24(16-14-23)44-32(33,34)35/h5-16,19-20H,17-18H2,1-4H3,(H,36,43)/b38-30-. The van der Waals surface area contributed by atoms with E-state index in [2.05, 4.69) is 45.9 Å². The molecule has 3 amide bonds. The van der Waals surface area contributed by atoms with Crippen LogP contribution in [0.25, 0.3) is 17.1 Å². The molecule has 4 aromatic rings. The van der Waals surface area contributed by atoms with Gasteiger partial charge in [0.25, 0.3) is 0 Å². The van der Waals surface area contributed by atoms with Gasteiger partial charge in [-0.05, 0) is 52.8 Å². The van der Waals surface area contributed by atoms with Gasteiger partial charge in [0.2, 0.25) is 5.91 Å². The number of halogens is 3. The number of hydrogen-bond acceptors (Lipinski definition) is 6. The summed E-state index contributed by atoms with van der Waals surface area (Å²) in [4.78, 5) is 35.7. The van der Waals surface area contributed by atoms with E-state index in [1.54, 1.807) is 0 Å². The number of benzene rings is 3. The molecule has 45 heavy (non-hydrogen) atoms. The van der Waals surface area contributed by atoms with Gasteiger partial charge in [-0.2, -0.15) is 4.99 Å². The molecule has 1 saturated heterocycles. The molecular weight excluding hydrogens is 605 g/mol. The number of alkyl halides is 3. The van der Waals surface area contributed by atoms with E-state index in [-0.39, 0.29) is 28.7 Å². The van der Waals surface area contributed by atoms with Crippen molar-refractivity contribution in [2.45, 2.75) is 45.4 Å². The number of aromatic nitrogens is 3. The van der Waals surface area contributed by atoms with Crippen LogP contribution in [-0.4, -0.2) is 50.5 Å². The van der Waals surface area contributed by atoms with Crippen molar-refractivity contribution < 1.29 is 27.5 Å². The van der Waals surface area contributed by atoms with Crippen LogP contribution < -0.4 is 15.0 Å². The molecule has 1 unspecified atom stereocenters. The second-order valence-corrected chi connectivity index (χ2v) is 12.4. The maximum absolute atomic E-state index is 12.8. The molecular formula is C32H31F3N6O3S. The van der Waals surface area contributed by atoms with Crippen LogP contribution in [-0.2, 0) is 10.2 Å². The fourth-order valence-electron chi connectivity index (χ4n) is 4.75. The molecule has 234 valence electrons. The Morgan fingerprint density at radius 1 is 1.04 bits per heavy atom. The third-order valence-electron chi connectivity index (χ3n) is 7.04. The molecule has 0 bridgehead atoms. The molecule has 1 N–H and O–H groups in total. The highest BCUT2D eigenvalue weighted by Crippen LogP contribution is 2.36. The quantitative estimate of drug-likeness (QED) is 0.233. The average molecular weight is 637 g/mol. The van der Waals surface area contributed by atoms with Crippen molar-refractivity contribution in [3.05, 3.63) is 90.3 Å². The number of thioether (sulfide) groups is 1. The zero-order chi connectivity index (χ0) is 32.4. The van der Waals surface area contributed by atoms with E-state index in [4.69, 9.17) is 0 Å². The van der Waals surface area contributed by atoms with Gasteiger partial charge in [-0.15, -0.1) is 18.3 Å². The van der Waals surface area contributed by atoms with Gasteiger partial charge >= 0.3 is 12.4 Å². The Bertz CT molecular complexity index is 1710. The lowest BCUT2D eigenvalue weighted by molar-refractivity contribution is -0.274. The molecule has 1 aliphatic rings. The van der Waals surface area contributed by atoms with Gasteiger partial charge in [-0.1, -0.05) is 81.9 Å². The number of rotatable bonds is 7. The number of urea groups is 1. The molecule has 1 atom stereocenters. The molecule has 9 nitrogen and oxygen atoms in total. The Kier molecular flexibility index (Phi) is 9.01. The molecule has 5 rings (SSSR count). The summed E-state index contributed by atoms with van der Waals surface area (Å²) >= 11 is 1.24. The summed E-state index contributed by atoms with van der Waals surface area (Å²) in [6.45, 7) is 8.52. The van der Waals surface area contributed by atoms with E-state index < -0.39 is 12.4 Å². The normalized spacial score (nSPS) is 15.4. The van der Waals surface area contributed by atoms with E-state index in [0.29, 0.717) is 23.2 Å². The first-order chi connectivity index (χ1) is 21.3. The molecule has 3 aromatic carbocycles. The molecule has 0 radical (unpaired) electrons. The number of aliphatic imine (C=N–C) groups is 1. The van der Waals surface area contributed by atoms with E-state index >= 15 is 0 Å². The van der Waals surface area contributed by atoms with Gasteiger partial charge in [-0.25, -0.2) is 14.5 Å². The van der Waals surface area contributed by atoms with Crippen LogP contribution in [0.3, 0.4) is 0 Å². The first-order valence-corrected chi connectivity index (χ1v) is 15.1. The second-order valence-electron chi connectivity index (χ2n) is 11.4. The summed E-state index contributed by atoms with van der Waals surface area (Å²) in [6, 6.07) is 20.0. The highest BCUT2D eigenvalue weighted by Gasteiger charge is 2.34. The highest BCUT2D eigenvalue weighted by atomic mass is 32.2. The van der Waals surface area contributed by atoms with Crippen LogP contribution in [0.4, 0.5) is 23.7 Å². The number of para-hydroxylation sites is 1. The van der Waals surface area contributed by atoms with Crippen LogP contribution in [0.1, 0.15) is 44.7 Å². The molecule has 13 heteroatoms. The zero-order valence-corrected chi connectivity index (χ0v) is 25.8. The minimum Gasteiger partial charge on any atom is -0.406 e. The van der Waals surface area contributed by atoms with Crippen LogP contribution in [0, 0.1) is 0 Å². The molecule has 1 aliphatic heterocycles. The lowest BCUT2D eigenvalue weighted by Gasteiger charge is -2.27. The van der Waals surface area contributed by atoms with Gasteiger partial charge < -0.3 is 10.1 Å². The fourth-order valence-corrected chi connectivity index (χ4v) is 5.61. The fraction of sp³-hybridized carbons (Fsp3) is 0.281. The van der Waals surface area contributed by atoms with E-state index in [1.807, 2.05) is 55.5 Å². The highest BCUT2D eigenvalue weighted by molar-refractivity contribution is 8.15. The number of nitrogens with zero attached hydrogens (tertiary/aromatic N) is 5. The van der Waals surface area contributed by atoms with E-state index in [1.165, 1.54) is 51.9 Å². The minimum atomic E-state index is -4.76. The van der Waals surface area contributed by atoms with Crippen LogP contribution in [0.2, 0.25) is 0 Å². The van der Waals surface area contributed by atoms with Gasteiger partial charge in [0.05, 0.1) is 17.1 Å². The minimum absolute atomic E-state index is 0.0401. The second kappa shape index (κ2) is 12.8. The SMILES string of the molecule is CC(CNC(=O)/N=C1\SCC(=O)N1c1ccccc1C(C)(C)C)c1ccc(-c2ncn(-c3ccc(OC(F)(F)F)cc3)n2)cc1. The first-order valence-electron chi connectivity index (χ1n) is 14.1. The summed E-state index contributed by atoms with van der Waals surface area (Å²) in [7, 11) is 0. The largest absolute Gasteiger partial charge is 0.573 e. The van der Waals surface area contributed by atoms with Crippen LogP contribution in [0.15, 0.2) is 84.1 Å². The van der Waals surface area contributed by atoms with Crippen molar-refractivity contribution >= 4 is 34.6 Å². The van der Waals surface area contributed by atoms with Gasteiger partial charge in [0.1, 0.15) is 12.1 Å². The van der Waals surface area contributed by atoms with Crippen LogP contribution in [0.5, 0.6) is 5.75 Å². The lowest BCUT2D eigenvalue weighted by Crippen LogP contribution is -2.33. The Morgan fingerprint density at radius 3 is 2.40 bits per heavy atom. The number of hydrogen-bond donors (Lipinski definition) is 1. The lowest BCUT2D eigenvalue weighted by atomic mass is 9.85. The number of ether oxygens (including phenoxy) is 1. The summed E-state index contributed by atoms with van der Waals surface area (Å²) in [5.74, 6) is 0.168. The average Bonchev–Trinajstić information content (AvgIpc) is 3.62. The van der Waals surface area contributed by atoms with Gasteiger partial charge in [-0.3, -0.25) is 9.69 Å². The Balaban J connectivity index is 1.20. The predicted molar refractivity (Wildman–Crippen MR) is 168 cm³/mol. The van der Waals surface area contributed by atoms with Crippen molar-refractivity contribution in [2.75, 3.05) is 17.2 Å². The topological polar surface area (TPSA) is 102 Å². The van der Waals surface area contributed by atoms with Gasteiger partial charge in [0, 0.05) is 12.1 Å². The molecule has 1 fully saturated rings. The maximum Gasteiger partial charge on any atom is 0.573 e. The predicted octanol–water partition coefficient (Wildman–Crippen LogP) is 7.08. The molecule has 0 saturated carbocycles. The molecule has 0 aliphatic carbocycles. The summed E-state index contributed by atoms with van der Waals surface area (Å²) < 4.78 is 42.6. The van der Waals surface area contributed by atoms with Crippen molar-refractivity contribution in [3.8, 4) is 22.8 Å². The van der Waals surface area contributed by atoms with E-state index in [0.717, 1.165) is 22.4 Å². The Labute approximate surface area is 262 Å². The smallest absolute Gasteiger partial charge is 0.406 e. The molecule has 0 spiro atoms. The summed E-state index contributed by atoms with van der Waals surface area (Å²) in [6.07, 6.45) is -3.29. The monoisotopic (exact) mass is 636 g/mol. The van der Waals surface area contributed by atoms with Crippen molar-refractivity contribution in [2.24, 2.45) is 4.99 Å². The third-order valence-corrected chi connectivity index (χ3v) is 7.96. The number of amidine groups is 1. The molecule has 2 heterocycles. The number of carbonyl (C=O) groups excluding carboxylic acids is 2. The number of carbonyl (C=O) groups is 2. The summed E-state index contributed by atoms with van der Waals surface area (Å²) in [5, 5.41) is 7.63. The molecule has 1 aromatic heterocycles.